The molecule has 0 aromatic heterocycles. The van der Waals surface area contributed by atoms with Crippen LogP contribution in [0, 0.1) is 0 Å². The number of amides is 2. The first-order chi connectivity index (χ1) is 12.0. The molecule has 1 aliphatic heterocycles. The van der Waals surface area contributed by atoms with Crippen molar-refractivity contribution in [3.63, 3.8) is 0 Å². The lowest BCUT2D eigenvalue weighted by atomic mass is 10.2. The van der Waals surface area contributed by atoms with Crippen LogP contribution in [0.1, 0.15) is 6.92 Å². The van der Waals surface area contributed by atoms with E-state index in [1.807, 2.05) is 6.07 Å². The van der Waals surface area contributed by atoms with Crippen LogP contribution < -0.4 is 19.7 Å². The predicted octanol–water partition coefficient (Wildman–Crippen LogP) is 3.10. The zero-order valence-electron chi connectivity index (χ0n) is 13.8. The third kappa shape index (κ3) is 3.53. The van der Waals surface area contributed by atoms with Crippen LogP contribution in [0.5, 0.6) is 11.5 Å². The Hall–Kier alpha value is -2.73. The number of fused-ring (bicyclic) bond motifs is 1. The van der Waals surface area contributed by atoms with E-state index in [1.165, 1.54) is 12.0 Å². The van der Waals surface area contributed by atoms with Gasteiger partial charge < -0.3 is 14.8 Å². The molecule has 0 saturated carbocycles. The molecule has 0 aliphatic carbocycles. The molecular weight excluding hydrogens is 344 g/mol. The van der Waals surface area contributed by atoms with Crippen LogP contribution in [0.15, 0.2) is 42.5 Å². The Morgan fingerprint density at radius 1 is 1.32 bits per heavy atom. The van der Waals surface area contributed by atoms with E-state index < -0.39 is 6.10 Å². The van der Waals surface area contributed by atoms with Gasteiger partial charge in [-0.1, -0.05) is 23.7 Å². The molecule has 7 heteroatoms. The average molecular weight is 361 g/mol. The highest BCUT2D eigenvalue weighted by atomic mass is 35.5. The molecule has 1 unspecified atom stereocenters. The maximum Gasteiger partial charge on any atom is 0.268 e. The monoisotopic (exact) mass is 360 g/mol. The van der Waals surface area contributed by atoms with Crippen LogP contribution >= 0.6 is 11.6 Å². The van der Waals surface area contributed by atoms with Crippen molar-refractivity contribution in [2.75, 3.05) is 23.9 Å². The number of nitrogens with zero attached hydrogens (tertiary/aromatic N) is 1. The van der Waals surface area contributed by atoms with Gasteiger partial charge in [0.15, 0.2) is 6.10 Å². The number of methoxy groups -OCH3 is 1. The second-order valence-electron chi connectivity index (χ2n) is 5.55. The molecule has 25 heavy (non-hydrogen) atoms. The Kier molecular flexibility index (Phi) is 4.81. The van der Waals surface area contributed by atoms with E-state index in [9.17, 15) is 9.59 Å². The zero-order chi connectivity index (χ0) is 18.0. The summed E-state index contributed by atoms with van der Waals surface area (Å²) in [7, 11) is 1.53. The van der Waals surface area contributed by atoms with Gasteiger partial charge in [-0.15, -0.1) is 0 Å². The van der Waals surface area contributed by atoms with Crippen molar-refractivity contribution in [1.82, 2.24) is 0 Å². The van der Waals surface area contributed by atoms with Gasteiger partial charge in [0, 0.05) is 6.07 Å². The molecule has 3 rings (SSSR count). The van der Waals surface area contributed by atoms with Crippen LogP contribution in [0.2, 0.25) is 5.02 Å². The van der Waals surface area contributed by atoms with E-state index in [0.717, 1.165) is 0 Å². The quantitative estimate of drug-likeness (QED) is 0.909. The van der Waals surface area contributed by atoms with Gasteiger partial charge in [0.2, 0.25) is 5.91 Å². The van der Waals surface area contributed by atoms with Gasteiger partial charge in [0.25, 0.3) is 5.91 Å². The average Bonchev–Trinajstić information content (AvgIpc) is 2.60. The Labute approximate surface area is 150 Å². The number of carbonyl (C=O) groups is 2. The number of ether oxygens (including phenoxy) is 2. The Balaban J connectivity index is 1.77. The molecule has 130 valence electrons. The van der Waals surface area contributed by atoms with E-state index in [0.29, 0.717) is 27.9 Å². The van der Waals surface area contributed by atoms with Crippen LogP contribution in [0.3, 0.4) is 0 Å². The number of hydrogen-bond acceptors (Lipinski definition) is 4. The Morgan fingerprint density at radius 2 is 2.08 bits per heavy atom. The topological polar surface area (TPSA) is 67.9 Å². The number of para-hydroxylation sites is 2. The van der Waals surface area contributed by atoms with Crippen LogP contribution in [-0.4, -0.2) is 31.6 Å². The van der Waals surface area contributed by atoms with Crippen molar-refractivity contribution in [2.45, 2.75) is 13.0 Å². The maximum absolute atomic E-state index is 12.4. The van der Waals surface area contributed by atoms with Gasteiger partial charge in [0.1, 0.15) is 18.0 Å². The van der Waals surface area contributed by atoms with Crippen molar-refractivity contribution >= 4 is 34.8 Å². The number of rotatable bonds is 4. The summed E-state index contributed by atoms with van der Waals surface area (Å²) in [4.78, 5) is 26.2. The number of halogens is 1. The lowest BCUT2D eigenvalue weighted by Crippen LogP contribution is -2.47. The minimum atomic E-state index is -0.646. The van der Waals surface area contributed by atoms with Gasteiger partial charge >= 0.3 is 0 Å². The predicted molar refractivity (Wildman–Crippen MR) is 95.5 cm³/mol. The maximum atomic E-state index is 12.4. The highest BCUT2D eigenvalue weighted by Gasteiger charge is 2.32. The Bertz CT molecular complexity index is 824. The molecule has 2 aromatic rings. The standard InChI is InChI=1S/C18H17ClN2O4/c1-11-18(23)21(15-5-3-4-6-16(15)25-11)10-17(22)20-14-8-7-12(24-2)9-13(14)19/h3-9,11H,10H2,1-2H3,(H,20,22). The molecule has 0 fully saturated rings. The van der Waals surface area contributed by atoms with Crippen LogP contribution in [-0.2, 0) is 9.59 Å². The second kappa shape index (κ2) is 7.03. The fourth-order valence-electron chi connectivity index (χ4n) is 2.58. The van der Waals surface area contributed by atoms with Crippen molar-refractivity contribution in [1.29, 1.82) is 0 Å². The van der Waals surface area contributed by atoms with Gasteiger partial charge in [-0.05, 0) is 31.2 Å². The summed E-state index contributed by atoms with van der Waals surface area (Å²) in [6.07, 6.45) is -0.646. The zero-order valence-corrected chi connectivity index (χ0v) is 14.5. The number of carbonyl (C=O) groups excluding carboxylic acids is 2. The van der Waals surface area contributed by atoms with Gasteiger partial charge in [-0.3, -0.25) is 14.5 Å². The summed E-state index contributed by atoms with van der Waals surface area (Å²) in [6, 6.07) is 12.1. The smallest absolute Gasteiger partial charge is 0.268 e. The SMILES string of the molecule is COc1ccc(NC(=O)CN2C(=O)C(C)Oc3ccccc32)c(Cl)c1. The fourth-order valence-corrected chi connectivity index (χ4v) is 2.80. The Morgan fingerprint density at radius 3 is 2.80 bits per heavy atom. The van der Waals surface area contributed by atoms with Gasteiger partial charge in [-0.25, -0.2) is 0 Å². The molecule has 2 amide bonds. The summed E-state index contributed by atoms with van der Waals surface area (Å²) in [6.45, 7) is 1.52. The molecular formula is C18H17ClN2O4. The molecule has 0 spiro atoms. The largest absolute Gasteiger partial charge is 0.497 e. The first kappa shape index (κ1) is 17.1. The second-order valence-corrected chi connectivity index (χ2v) is 5.95. The molecule has 0 bridgehead atoms. The first-order valence-electron chi connectivity index (χ1n) is 7.70. The van der Waals surface area contributed by atoms with Crippen LogP contribution in [0.4, 0.5) is 11.4 Å². The fraction of sp³-hybridized carbons (Fsp3) is 0.222. The number of anilines is 2. The third-order valence-corrected chi connectivity index (χ3v) is 4.14. The van der Waals surface area contributed by atoms with E-state index in [1.54, 1.807) is 43.3 Å². The molecule has 0 radical (unpaired) electrons. The number of hydrogen-bond donors (Lipinski definition) is 1. The first-order valence-corrected chi connectivity index (χ1v) is 8.08. The van der Waals surface area contributed by atoms with Gasteiger partial charge in [-0.2, -0.15) is 0 Å². The molecule has 6 nitrogen and oxygen atoms in total. The lowest BCUT2D eigenvalue weighted by Gasteiger charge is -2.32. The van der Waals surface area contributed by atoms with Crippen molar-refractivity contribution in [3.8, 4) is 11.5 Å². The summed E-state index contributed by atoms with van der Waals surface area (Å²) in [5.41, 5.74) is 1.02. The van der Waals surface area contributed by atoms with E-state index in [4.69, 9.17) is 21.1 Å². The lowest BCUT2D eigenvalue weighted by molar-refractivity contribution is -0.127. The van der Waals surface area contributed by atoms with Gasteiger partial charge in [0.05, 0.1) is 23.5 Å². The summed E-state index contributed by atoms with van der Waals surface area (Å²) in [5, 5.41) is 3.07. The van der Waals surface area contributed by atoms with E-state index >= 15 is 0 Å². The van der Waals surface area contributed by atoms with Crippen molar-refractivity contribution < 1.29 is 19.1 Å². The van der Waals surface area contributed by atoms with E-state index in [-0.39, 0.29) is 18.4 Å². The van der Waals surface area contributed by atoms with Crippen molar-refractivity contribution in [2.24, 2.45) is 0 Å². The summed E-state index contributed by atoms with van der Waals surface area (Å²) >= 11 is 6.13. The van der Waals surface area contributed by atoms with Crippen LogP contribution in [0.25, 0.3) is 0 Å². The van der Waals surface area contributed by atoms with Crippen molar-refractivity contribution in [3.05, 3.63) is 47.5 Å². The minimum Gasteiger partial charge on any atom is -0.497 e. The third-order valence-electron chi connectivity index (χ3n) is 3.83. The molecule has 2 aromatic carbocycles. The number of benzene rings is 2. The highest BCUT2D eigenvalue weighted by molar-refractivity contribution is 6.33. The van der Waals surface area contributed by atoms with E-state index in [2.05, 4.69) is 5.32 Å². The summed E-state index contributed by atoms with van der Waals surface area (Å²) in [5.74, 6) is 0.540. The molecule has 1 N–H and O–H groups in total. The molecule has 1 heterocycles. The summed E-state index contributed by atoms with van der Waals surface area (Å²) < 4.78 is 10.6. The molecule has 1 aliphatic rings. The highest BCUT2D eigenvalue weighted by Crippen LogP contribution is 2.33. The molecule has 1 atom stereocenters. The molecule has 0 saturated heterocycles. The normalized spacial score (nSPS) is 16.0. The minimum absolute atomic E-state index is 0.133. The number of nitrogens with one attached hydrogen (secondary N) is 1.